The van der Waals surface area contributed by atoms with E-state index < -0.39 is 20.0 Å². The van der Waals surface area contributed by atoms with Gasteiger partial charge in [0.2, 0.25) is 0 Å². The third kappa shape index (κ3) is 2.40. The second-order valence-corrected chi connectivity index (χ2v) is 6.74. The van der Waals surface area contributed by atoms with Gasteiger partial charge in [-0.05, 0) is 18.2 Å². The van der Waals surface area contributed by atoms with E-state index in [0.29, 0.717) is 10.0 Å². The average molecular weight is 355 g/mol. The zero-order chi connectivity index (χ0) is 13.5. The maximum atomic E-state index is 13.2. The summed E-state index contributed by atoms with van der Waals surface area (Å²) in [6.07, 6.45) is 0. The lowest BCUT2D eigenvalue weighted by molar-refractivity contribution is 0.593. The van der Waals surface area contributed by atoms with E-state index in [1.54, 1.807) is 0 Å². The van der Waals surface area contributed by atoms with E-state index in [4.69, 9.17) is 10.7 Å². The van der Waals surface area contributed by atoms with Gasteiger partial charge in [0.1, 0.15) is 5.82 Å². The van der Waals surface area contributed by atoms with E-state index in [1.165, 1.54) is 29.8 Å². The number of hydrogen-bond acceptors (Lipinski definition) is 4. The Labute approximate surface area is 115 Å². The van der Waals surface area contributed by atoms with Crippen molar-refractivity contribution in [1.82, 2.24) is 14.8 Å². The minimum Gasteiger partial charge on any atom is -0.300 e. The topological polar surface area (TPSA) is 64.8 Å². The minimum atomic E-state index is -3.99. The van der Waals surface area contributed by atoms with Gasteiger partial charge in [-0.1, -0.05) is 15.9 Å². The van der Waals surface area contributed by atoms with Crippen LogP contribution in [0, 0.1) is 5.82 Å². The predicted molar refractivity (Wildman–Crippen MR) is 67.1 cm³/mol. The van der Waals surface area contributed by atoms with Crippen LogP contribution in [0.1, 0.15) is 0 Å². The molecule has 0 bridgehead atoms. The van der Waals surface area contributed by atoms with Gasteiger partial charge in [0.15, 0.2) is 5.82 Å². The Balaban J connectivity index is 2.67. The molecule has 2 aromatic rings. The summed E-state index contributed by atoms with van der Waals surface area (Å²) in [6, 6.07) is 3.98. The summed E-state index contributed by atoms with van der Waals surface area (Å²) in [6.45, 7) is 0. The van der Waals surface area contributed by atoms with E-state index in [0.717, 1.165) is 0 Å². The summed E-state index contributed by atoms with van der Waals surface area (Å²) < 4.78 is 37.3. The van der Waals surface area contributed by atoms with Gasteiger partial charge in [-0.25, -0.2) is 12.8 Å². The number of halogens is 3. The lowest BCUT2D eigenvalue weighted by Gasteiger charge is -2.04. The van der Waals surface area contributed by atoms with E-state index in [-0.39, 0.29) is 5.82 Å². The quantitative estimate of drug-likeness (QED) is 0.776. The minimum absolute atomic E-state index is 0.195. The van der Waals surface area contributed by atoms with Crippen molar-refractivity contribution in [3.63, 3.8) is 0 Å². The van der Waals surface area contributed by atoms with Crippen molar-refractivity contribution in [1.29, 1.82) is 0 Å². The number of aromatic nitrogens is 3. The van der Waals surface area contributed by atoms with E-state index in [2.05, 4.69) is 26.1 Å². The maximum absolute atomic E-state index is 13.2. The molecule has 1 heterocycles. The Hall–Kier alpha value is -0.990. The van der Waals surface area contributed by atoms with E-state index >= 15 is 0 Å². The van der Waals surface area contributed by atoms with Crippen molar-refractivity contribution in [3.05, 3.63) is 28.5 Å². The highest BCUT2D eigenvalue weighted by Crippen LogP contribution is 2.28. The average Bonchev–Trinajstić information content (AvgIpc) is 2.63. The van der Waals surface area contributed by atoms with Crippen LogP contribution in [0.5, 0.6) is 0 Å². The van der Waals surface area contributed by atoms with Gasteiger partial charge < -0.3 is 0 Å². The highest BCUT2D eigenvalue weighted by Gasteiger charge is 2.22. The lowest BCUT2D eigenvalue weighted by atomic mass is 10.2. The molecular weight excluding hydrogens is 349 g/mol. The monoisotopic (exact) mass is 353 g/mol. The lowest BCUT2D eigenvalue weighted by Crippen LogP contribution is -2.03. The van der Waals surface area contributed by atoms with Gasteiger partial charge in [-0.15, -0.1) is 10.2 Å². The fraction of sp³-hybridized carbons (Fsp3) is 0.111. The standard InChI is InChI=1S/C9H6BrClFN3O2S/c1-15-8(13-14-9(15)18(11,16)17)6-4-5(12)2-3-7(6)10/h2-4H,1H3. The molecule has 0 atom stereocenters. The molecule has 0 fully saturated rings. The second kappa shape index (κ2) is 4.60. The molecule has 0 saturated carbocycles. The Morgan fingerprint density at radius 1 is 1.39 bits per heavy atom. The molecule has 18 heavy (non-hydrogen) atoms. The third-order valence-corrected chi connectivity index (χ3v) is 4.12. The molecule has 9 heteroatoms. The van der Waals surface area contributed by atoms with Gasteiger partial charge in [-0.3, -0.25) is 4.57 Å². The number of hydrogen-bond donors (Lipinski definition) is 0. The zero-order valence-electron chi connectivity index (χ0n) is 8.93. The number of benzene rings is 1. The molecule has 0 saturated heterocycles. The van der Waals surface area contributed by atoms with Crippen molar-refractivity contribution in [2.24, 2.45) is 7.05 Å². The molecule has 0 aliphatic rings. The fourth-order valence-corrected chi connectivity index (χ4v) is 2.81. The van der Waals surface area contributed by atoms with Gasteiger partial charge >= 0.3 is 0 Å². The summed E-state index contributed by atoms with van der Waals surface area (Å²) in [7, 11) is 2.64. The highest BCUT2D eigenvalue weighted by molar-refractivity contribution is 9.10. The highest BCUT2D eigenvalue weighted by atomic mass is 79.9. The van der Waals surface area contributed by atoms with Crippen LogP contribution >= 0.6 is 26.6 Å². The fourth-order valence-electron chi connectivity index (χ4n) is 1.43. The summed E-state index contributed by atoms with van der Waals surface area (Å²) >= 11 is 3.23. The van der Waals surface area contributed by atoms with Crippen LogP contribution in [-0.2, 0) is 16.1 Å². The molecule has 5 nitrogen and oxygen atoms in total. The summed E-state index contributed by atoms with van der Waals surface area (Å²) in [5.41, 5.74) is 0.386. The molecular formula is C9H6BrClFN3O2S. The van der Waals surface area contributed by atoms with Crippen LogP contribution < -0.4 is 0 Å². The molecule has 0 unspecified atom stereocenters. The zero-order valence-corrected chi connectivity index (χ0v) is 12.1. The molecule has 0 spiro atoms. The van der Waals surface area contributed by atoms with Crippen molar-refractivity contribution >= 4 is 35.7 Å². The van der Waals surface area contributed by atoms with Crippen LogP contribution in [0.25, 0.3) is 11.4 Å². The Bertz CT molecular complexity index is 717. The smallest absolute Gasteiger partial charge is 0.296 e. The van der Waals surface area contributed by atoms with Crippen molar-refractivity contribution < 1.29 is 12.8 Å². The molecule has 1 aromatic carbocycles. The van der Waals surface area contributed by atoms with Crippen LogP contribution in [0.3, 0.4) is 0 Å². The molecule has 96 valence electrons. The van der Waals surface area contributed by atoms with Crippen molar-refractivity contribution in [3.8, 4) is 11.4 Å². The molecule has 0 radical (unpaired) electrons. The molecule has 0 amide bonds. The van der Waals surface area contributed by atoms with Gasteiger partial charge in [0.25, 0.3) is 14.2 Å². The van der Waals surface area contributed by atoms with E-state index in [9.17, 15) is 12.8 Å². The summed E-state index contributed by atoms with van der Waals surface area (Å²) in [5, 5.41) is 6.80. The molecule has 1 aromatic heterocycles. The molecule has 0 N–H and O–H groups in total. The molecule has 2 rings (SSSR count). The van der Waals surface area contributed by atoms with Gasteiger partial charge in [-0.2, -0.15) is 0 Å². The SMILES string of the molecule is Cn1c(-c2cc(F)ccc2Br)nnc1S(=O)(=O)Cl. The number of nitrogens with zero attached hydrogens (tertiary/aromatic N) is 3. The maximum Gasteiger partial charge on any atom is 0.296 e. The Morgan fingerprint density at radius 3 is 2.61 bits per heavy atom. The first kappa shape index (κ1) is 13.4. The first-order valence-electron chi connectivity index (χ1n) is 4.60. The van der Waals surface area contributed by atoms with E-state index in [1.807, 2.05) is 0 Å². The third-order valence-electron chi connectivity index (χ3n) is 2.22. The largest absolute Gasteiger partial charge is 0.300 e. The van der Waals surface area contributed by atoms with Crippen LogP contribution in [0.4, 0.5) is 4.39 Å². The van der Waals surface area contributed by atoms with Gasteiger partial charge in [0.05, 0.1) is 0 Å². The first-order valence-corrected chi connectivity index (χ1v) is 7.70. The first-order chi connectivity index (χ1) is 8.30. The van der Waals surface area contributed by atoms with Crippen LogP contribution in [-0.4, -0.2) is 23.2 Å². The summed E-state index contributed by atoms with van der Waals surface area (Å²) in [4.78, 5) is 0. The predicted octanol–water partition coefficient (Wildman–Crippen LogP) is 2.31. The molecule has 0 aliphatic heterocycles. The number of rotatable bonds is 2. The van der Waals surface area contributed by atoms with Crippen LogP contribution in [0.2, 0.25) is 0 Å². The summed E-state index contributed by atoms with van der Waals surface area (Å²) in [5.74, 6) is -0.271. The Morgan fingerprint density at radius 2 is 2.06 bits per heavy atom. The van der Waals surface area contributed by atoms with Crippen LogP contribution in [0.15, 0.2) is 27.8 Å². The Kier molecular flexibility index (Phi) is 3.43. The normalized spacial score (nSPS) is 11.8. The molecule has 0 aliphatic carbocycles. The van der Waals surface area contributed by atoms with Crippen molar-refractivity contribution in [2.45, 2.75) is 5.16 Å². The second-order valence-electron chi connectivity index (χ2n) is 3.43. The van der Waals surface area contributed by atoms with Gasteiger partial charge in [0, 0.05) is 27.8 Å². The van der Waals surface area contributed by atoms with Crippen molar-refractivity contribution in [2.75, 3.05) is 0 Å².